The molecule has 5 heteroatoms. The van der Waals surface area contributed by atoms with E-state index >= 15 is 0 Å². The number of benzene rings is 1. The van der Waals surface area contributed by atoms with Gasteiger partial charge >= 0.3 is 0 Å². The first-order valence-electron chi connectivity index (χ1n) is 4.93. The van der Waals surface area contributed by atoms with Gasteiger partial charge in [0, 0.05) is 5.54 Å². The van der Waals surface area contributed by atoms with Crippen molar-refractivity contribution in [1.82, 2.24) is 3.82 Å². The molecular formula is C11H16ClNO2S. The van der Waals surface area contributed by atoms with Gasteiger partial charge in [-0.2, -0.15) is 0 Å². The molecule has 0 amide bonds. The Labute approximate surface area is 102 Å². The summed E-state index contributed by atoms with van der Waals surface area (Å²) >= 11 is 5.87. The normalized spacial score (nSPS) is 13.1. The molecule has 0 heterocycles. The average molecular weight is 262 g/mol. The summed E-state index contributed by atoms with van der Waals surface area (Å²) in [4.78, 5) is 0.211. The smallest absolute Gasteiger partial charge is 0.206 e. The molecule has 0 aromatic heterocycles. The lowest BCUT2D eigenvalue weighted by Gasteiger charge is -2.27. The van der Waals surface area contributed by atoms with Crippen molar-refractivity contribution in [1.29, 1.82) is 0 Å². The molecule has 0 saturated carbocycles. The van der Waals surface area contributed by atoms with E-state index in [1.165, 1.54) is 0 Å². The quantitative estimate of drug-likeness (QED) is 0.768. The lowest BCUT2D eigenvalue weighted by atomic mass is 10.1. The van der Waals surface area contributed by atoms with E-state index in [4.69, 9.17) is 11.8 Å². The highest BCUT2D eigenvalue weighted by molar-refractivity contribution is 7.90. The van der Waals surface area contributed by atoms with E-state index in [-0.39, 0.29) is 4.90 Å². The predicted molar refractivity (Wildman–Crippen MR) is 65.8 cm³/mol. The summed E-state index contributed by atoms with van der Waals surface area (Å²) in [6.07, 6.45) is 0. The van der Waals surface area contributed by atoms with Gasteiger partial charge in [-0.15, -0.1) is 3.82 Å². The van der Waals surface area contributed by atoms with Crippen molar-refractivity contribution in [3.63, 3.8) is 0 Å². The topological polar surface area (TPSA) is 37.4 Å². The molecule has 16 heavy (non-hydrogen) atoms. The lowest BCUT2D eigenvalue weighted by Crippen LogP contribution is -2.38. The van der Waals surface area contributed by atoms with Gasteiger partial charge in [-0.05, 0) is 51.6 Å². The third kappa shape index (κ3) is 2.75. The van der Waals surface area contributed by atoms with Crippen molar-refractivity contribution in [2.75, 3.05) is 0 Å². The van der Waals surface area contributed by atoms with Crippen LogP contribution in [-0.2, 0) is 10.0 Å². The zero-order valence-corrected chi connectivity index (χ0v) is 11.4. The fourth-order valence-corrected chi connectivity index (χ4v) is 2.79. The molecule has 0 fully saturated rings. The van der Waals surface area contributed by atoms with Gasteiger partial charge in [0.05, 0.1) is 4.90 Å². The molecule has 0 aliphatic rings. The first-order chi connectivity index (χ1) is 7.15. The minimum absolute atomic E-state index is 0.211. The van der Waals surface area contributed by atoms with Crippen LogP contribution in [0.4, 0.5) is 0 Å². The average Bonchev–Trinajstić information content (AvgIpc) is 2.16. The summed E-state index contributed by atoms with van der Waals surface area (Å²) in [5.41, 5.74) is 0.362. The van der Waals surface area contributed by atoms with Crippen LogP contribution in [0.5, 0.6) is 0 Å². The molecule has 0 radical (unpaired) electrons. The maximum atomic E-state index is 12.1. The van der Waals surface area contributed by atoms with Gasteiger partial charge in [-0.3, -0.25) is 0 Å². The minimum Gasteiger partial charge on any atom is -0.206 e. The Bertz CT molecular complexity index is 460. The molecule has 0 unspecified atom stereocenters. The second-order valence-corrected chi connectivity index (χ2v) is 7.03. The van der Waals surface area contributed by atoms with E-state index in [2.05, 4.69) is 0 Å². The zero-order chi connectivity index (χ0) is 12.6. The summed E-state index contributed by atoms with van der Waals surface area (Å²) in [6, 6.07) is 6.62. The number of rotatable bonds is 2. The van der Waals surface area contributed by atoms with Crippen molar-refractivity contribution >= 4 is 21.8 Å². The predicted octanol–water partition coefficient (Wildman–Crippen LogP) is 2.94. The van der Waals surface area contributed by atoms with Crippen LogP contribution in [0.1, 0.15) is 26.3 Å². The Morgan fingerprint density at radius 2 is 1.56 bits per heavy atom. The molecule has 90 valence electrons. The standard InChI is InChI=1S/C11H16ClNO2S/c1-9-5-7-10(8-6-9)16(14,15)13(12)11(2,3)4/h5-8H,1-4H3. The molecule has 0 aliphatic heterocycles. The SMILES string of the molecule is Cc1ccc(S(=O)(=O)N(Cl)C(C)(C)C)cc1. The van der Waals surface area contributed by atoms with Gasteiger partial charge in [-0.1, -0.05) is 17.7 Å². The van der Waals surface area contributed by atoms with Gasteiger partial charge in [-0.25, -0.2) is 8.42 Å². The Kier molecular flexibility index (Phi) is 3.67. The highest BCUT2D eigenvalue weighted by Gasteiger charge is 2.32. The van der Waals surface area contributed by atoms with Crippen molar-refractivity contribution < 1.29 is 8.42 Å². The lowest BCUT2D eigenvalue weighted by molar-refractivity contribution is 0.369. The summed E-state index contributed by atoms with van der Waals surface area (Å²) in [5.74, 6) is 0. The first kappa shape index (κ1) is 13.5. The van der Waals surface area contributed by atoms with E-state index in [9.17, 15) is 8.42 Å². The van der Waals surface area contributed by atoms with Crippen LogP contribution >= 0.6 is 11.8 Å². The van der Waals surface area contributed by atoms with Gasteiger partial charge in [0.15, 0.2) is 0 Å². The van der Waals surface area contributed by atoms with Crippen LogP contribution in [0.2, 0.25) is 0 Å². The Morgan fingerprint density at radius 3 is 1.94 bits per heavy atom. The van der Waals surface area contributed by atoms with E-state index in [0.29, 0.717) is 0 Å². The monoisotopic (exact) mass is 261 g/mol. The molecule has 1 rings (SSSR count). The van der Waals surface area contributed by atoms with Crippen molar-refractivity contribution in [3.05, 3.63) is 29.8 Å². The highest BCUT2D eigenvalue weighted by Crippen LogP contribution is 2.26. The number of aryl methyl sites for hydroxylation is 1. The fourth-order valence-electron chi connectivity index (χ4n) is 1.16. The summed E-state index contributed by atoms with van der Waals surface area (Å²) in [6.45, 7) is 7.13. The minimum atomic E-state index is -3.61. The molecule has 0 bridgehead atoms. The van der Waals surface area contributed by atoms with Crippen LogP contribution in [0.25, 0.3) is 0 Å². The van der Waals surface area contributed by atoms with Crippen LogP contribution in [-0.4, -0.2) is 17.8 Å². The molecule has 0 aliphatic carbocycles. The molecule has 0 spiro atoms. The Hall–Kier alpha value is -0.580. The number of hydrogen-bond donors (Lipinski definition) is 0. The van der Waals surface area contributed by atoms with E-state index in [1.807, 2.05) is 6.92 Å². The number of hydrogen-bond acceptors (Lipinski definition) is 2. The summed E-state index contributed by atoms with van der Waals surface area (Å²) < 4.78 is 25.0. The van der Waals surface area contributed by atoms with Gasteiger partial charge in [0.1, 0.15) is 0 Å². The molecule has 1 aromatic rings. The van der Waals surface area contributed by atoms with Crippen LogP contribution in [0, 0.1) is 6.92 Å². The number of nitrogens with zero attached hydrogens (tertiary/aromatic N) is 1. The van der Waals surface area contributed by atoms with E-state index in [0.717, 1.165) is 9.39 Å². The molecular weight excluding hydrogens is 246 g/mol. The second-order valence-electron chi connectivity index (χ2n) is 4.70. The van der Waals surface area contributed by atoms with E-state index in [1.54, 1.807) is 45.0 Å². The summed E-state index contributed by atoms with van der Waals surface area (Å²) in [7, 11) is -3.61. The molecule has 0 saturated heterocycles. The van der Waals surface area contributed by atoms with Crippen LogP contribution in [0.15, 0.2) is 29.2 Å². The van der Waals surface area contributed by atoms with E-state index < -0.39 is 15.6 Å². The largest absolute Gasteiger partial charge is 0.256 e. The van der Waals surface area contributed by atoms with Gasteiger partial charge < -0.3 is 0 Å². The molecule has 0 atom stereocenters. The van der Waals surface area contributed by atoms with Crippen LogP contribution in [0.3, 0.4) is 0 Å². The van der Waals surface area contributed by atoms with Crippen molar-refractivity contribution in [3.8, 4) is 0 Å². The van der Waals surface area contributed by atoms with Gasteiger partial charge in [0.2, 0.25) is 0 Å². The maximum absolute atomic E-state index is 12.1. The number of sulfonamides is 1. The second kappa shape index (κ2) is 4.35. The zero-order valence-electron chi connectivity index (χ0n) is 9.86. The Balaban J connectivity index is 3.17. The fraction of sp³-hybridized carbons (Fsp3) is 0.455. The third-order valence-electron chi connectivity index (χ3n) is 2.06. The Morgan fingerprint density at radius 1 is 1.12 bits per heavy atom. The molecule has 3 nitrogen and oxygen atoms in total. The highest BCUT2D eigenvalue weighted by atomic mass is 35.5. The molecule has 0 N–H and O–H groups in total. The third-order valence-corrected chi connectivity index (χ3v) is 4.95. The number of halogens is 1. The molecule has 1 aromatic carbocycles. The summed E-state index contributed by atoms with van der Waals surface area (Å²) in [5, 5.41) is 0. The van der Waals surface area contributed by atoms with Crippen molar-refractivity contribution in [2.45, 2.75) is 38.1 Å². The maximum Gasteiger partial charge on any atom is 0.256 e. The van der Waals surface area contributed by atoms with Gasteiger partial charge in [0.25, 0.3) is 10.0 Å². The van der Waals surface area contributed by atoms with Crippen LogP contribution < -0.4 is 0 Å². The first-order valence-corrected chi connectivity index (χ1v) is 6.71. The van der Waals surface area contributed by atoms with Crippen molar-refractivity contribution in [2.24, 2.45) is 0 Å².